The van der Waals surface area contributed by atoms with E-state index in [0.717, 1.165) is 4.47 Å². The Hall–Kier alpha value is -1.27. The third kappa shape index (κ3) is 4.68. The van der Waals surface area contributed by atoms with Crippen molar-refractivity contribution in [1.29, 1.82) is 0 Å². The molecule has 3 N–H and O–H groups in total. The van der Waals surface area contributed by atoms with E-state index in [1.807, 2.05) is 6.92 Å². The van der Waals surface area contributed by atoms with Crippen molar-refractivity contribution in [2.24, 2.45) is 5.92 Å². The molecular formula is C13H16BrClN2O3. The standard InChI is InChI=1S/C13H16BrClN2O3/c1-3-7(2)11(12(18)19)17-13(20)16-10-5-4-8(14)6-9(10)15/h4-7,11H,3H2,1-2H3,(H,18,19)(H2,16,17,20)/t7-,11-/m0/s1. The zero-order valence-corrected chi connectivity index (χ0v) is 13.5. The zero-order valence-electron chi connectivity index (χ0n) is 11.1. The first-order valence-electron chi connectivity index (χ1n) is 6.10. The first-order valence-corrected chi connectivity index (χ1v) is 7.27. The Morgan fingerprint density at radius 3 is 2.60 bits per heavy atom. The summed E-state index contributed by atoms with van der Waals surface area (Å²) in [6.45, 7) is 3.64. The monoisotopic (exact) mass is 362 g/mol. The summed E-state index contributed by atoms with van der Waals surface area (Å²) in [6, 6.07) is 3.47. The van der Waals surface area contributed by atoms with E-state index >= 15 is 0 Å². The number of nitrogens with one attached hydrogen (secondary N) is 2. The molecule has 0 spiro atoms. The average molecular weight is 364 g/mol. The number of carbonyl (C=O) groups is 2. The van der Waals surface area contributed by atoms with Gasteiger partial charge in [0.25, 0.3) is 0 Å². The molecule has 0 aliphatic carbocycles. The van der Waals surface area contributed by atoms with Crippen molar-refractivity contribution < 1.29 is 14.7 Å². The van der Waals surface area contributed by atoms with Gasteiger partial charge in [0.1, 0.15) is 6.04 Å². The maximum Gasteiger partial charge on any atom is 0.326 e. The summed E-state index contributed by atoms with van der Waals surface area (Å²) >= 11 is 9.23. The second-order valence-electron chi connectivity index (χ2n) is 4.42. The number of urea groups is 1. The van der Waals surface area contributed by atoms with Gasteiger partial charge in [-0.05, 0) is 24.1 Å². The molecule has 0 bridgehead atoms. The number of hydrogen-bond donors (Lipinski definition) is 3. The molecule has 0 saturated carbocycles. The van der Waals surface area contributed by atoms with Crippen molar-refractivity contribution in [2.75, 3.05) is 5.32 Å². The van der Waals surface area contributed by atoms with E-state index in [1.165, 1.54) is 0 Å². The molecule has 20 heavy (non-hydrogen) atoms. The topological polar surface area (TPSA) is 78.4 Å². The maximum absolute atomic E-state index is 11.8. The second kappa shape index (κ2) is 7.50. The largest absolute Gasteiger partial charge is 0.480 e. The van der Waals surface area contributed by atoms with Gasteiger partial charge in [0, 0.05) is 4.47 Å². The minimum Gasteiger partial charge on any atom is -0.480 e. The molecule has 0 saturated heterocycles. The van der Waals surface area contributed by atoms with Crippen molar-refractivity contribution in [3.8, 4) is 0 Å². The van der Waals surface area contributed by atoms with Crippen LogP contribution in [-0.2, 0) is 4.79 Å². The molecule has 5 nitrogen and oxygen atoms in total. The second-order valence-corrected chi connectivity index (χ2v) is 5.75. The molecule has 1 aromatic carbocycles. The molecule has 110 valence electrons. The summed E-state index contributed by atoms with van der Waals surface area (Å²) in [5, 5.41) is 14.4. The van der Waals surface area contributed by atoms with Crippen molar-refractivity contribution in [3.63, 3.8) is 0 Å². The Kier molecular flexibility index (Phi) is 6.29. The van der Waals surface area contributed by atoms with Gasteiger partial charge in [-0.1, -0.05) is 47.8 Å². The Morgan fingerprint density at radius 1 is 1.45 bits per heavy atom. The number of amides is 2. The molecule has 7 heteroatoms. The van der Waals surface area contributed by atoms with E-state index in [2.05, 4.69) is 26.6 Å². The average Bonchev–Trinajstić information content (AvgIpc) is 2.38. The van der Waals surface area contributed by atoms with Crippen molar-refractivity contribution in [3.05, 3.63) is 27.7 Å². The molecule has 0 radical (unpaired) electrons. The van der Waals surface area contributed by atoms with Crippen molar-refractivity contribution in [1.82, 2.24) is 5.32 Å². The minimum atomic E-state index is -1.06. The number of aliphatic carboxylic acids is 1. The van der Waals surface area contributed by atoms with Gasteiger partial charge in [-0.25, -0.2) is 9.59 Å². The highest BCUT2D eigenvalue weighted by Gasteiger charge is 2.25. The number of hydrogen-bond acceptors (Lipinski definition) is 2. The van der Waals surface area contributed by atoms with Crippen LogP contribution < -0.4 is 10.6 Å². The number of carboxylic acids is 1. The summed E-state index contributed by atoms with van der Waals surface area (Å²) in [4.78, 5) is 23.0. The molecule has 0 unspecified atom stereocenters. The van der Waals surface area contributed by atoms with Crippen LogP contribution in [0.2, 0.25) is 5.02 Å². The fourth-order valence-electron chi connectivity index (χ4n) is 1.57. The summed E-state index contributed by atoms with van der Waals surface area (Å²) < 4.78 is 0.788. The van der Waals surface area contributed by atoms with Crippen LogP contribution in [-0.4, -0.2) is 23.1 Å². The third-order valence-electron chi connectivity index (χ3n) is 2.94. The Morgan fingerprint density at radius 2 is 2.10 bits per heavy atom. The van der Waals surface area contributed by atoms with Crippen LogP contribution in [0, 0.1) is 5.92 Å². The van der Waals surface area contributed by atoms with Crippen LogP contribution in [0.5, 0.6) is 0 Å². The van der Waals surface area contributed by atoms with Gasteiger partial charge in [-0.15, -0.1) is 0 Å². The number of benzene rings is 1. The third-order valence-corrected chi connectivity index (χ3v) is 3.75. The van der Waals surface area contributed by atoms with E-state index in [9.17, 15) is 9.59 Å². The number of anilines is 1. The summed E-state index contributed by atoms with van der Waals surface area (Å²) in [5.41, 5.74) is 0.417. The number of rotatable bonds is 5. The number of halogens is 2. The molecule has 0 aliphatic heterocycles. The lowest BCUT2D eigenvalue weighted by Gasteiger charge is -2.20. The van der Waals surface area contributed by atoms with Gasteiger partial charge in [0.2, 0.25) is 0 Å². The minimum absolute atomic E-state index is 0.168. The van der Waals surface area contributed by atoms with Gasteiger partial charge >= 0.3 is 12.0 Å². The van der Waals surface area contributed by atoms with Gasteiger partial charge in [-0.3, -0.25) is 0 Å². The van der Waals surface area contributed by atoms with Gasteiger partial charge in [0.15, 0.2) is 0 Å². The smallest absolute Gasteiger partial charge is 0.326 e. The fraction of sp³-hybridized carbons (Fsp3) is 0.385. The van der Waals surface area contributed by atoms with Crippen LogP contribution in [0.15, 0.2) is 22.7 Å². The first-order chi connectivity index (χ1) is 9.35. The van der Waals surface area contributed by atoms with Gasteiger partial charge in [-0.2, -0.15) is 0 Å². The van der Waals surface area contributed by atoms with Gasteiger partial charge in [0.05, 0.1) is 10.7 Å². The van der Waals surface area contributed by atoms with Crippen LogP contribution in [0.4, 0.5) is 10.5 Å². The highest BCUT2D eigenvalue weighted by atomic mass is 79.9. The molecule has 2 atom stereocenters. The zero-order chi connectivity index (χ0) is 15.3. The molecule has 2 amide bonds. The van der Waals surface area contributed by atoms with Crippen LogP contribution in [0.1, 0.15) is 20.3 Å². The predicted octanol–water partition coefficient (Wildman–Crippen LogP) is 3.72. The van der Waals surface area contributed by atoms with E-state index < -0.39 is 18.0 Å². The summed E-state index contributed by atoms with van der Waals surface area (Å²) in [5.74, 6) is -1.23. The normalized spacial score (nSPS) is 13.4. The first kappa shape index (κ1) is 16.8. The SMILES string of the molecule is CC[C@H](C)[C@H](NC(=O)Nc1ccc(Br)cc1Cl)C(=O)O. The van der Waals surface area contributed by atoms with E-state index in [1.54, 1.807) is 25.1 Å². The van der Waals surface area contributed by atoms with Gasteiger partial charge < -0.3 is 15.7 Å². The Bertz CT molecular complexity index is 510. The van der Waals surface area contributed by atoms with E-state index in [0.29, 0.717) is 17.1 Å². The van der Waals surface area contributed by atoms with Crippen LogP contribution in [0.3, 0.4) is 0 Å². The number of carbonyl (C=O) groups excluding carboxylic acids is 1. The van der Waals surface area contributed by atoms with Crippen LogP contribution >= 0.6 is 27.5 Å². The molecule has 0 heterocycles. The number of carboxylic acid groups (broad SMARTS) is 1. The lowest BCUT2D eigenvalue weighted by atomic mass is 9.99. The fourth-order valence-corrected chi connectivity index (χ4v) is 2.29. The molecule has 1 aromatic rings. The van der Waals surface area contributed by atoms with Crippen molar-refractivity contribution in [2.45, 2.75) is 26.3 Å². The molecular weight excluding hydrogens is 348 g/mol. The Labute approximate surface area is 130 Å². The quantitative estimate of drug-likeness (QED) is 0.746. The molecule has 1 rings (SSSR count). The summed E-state index contributed by atoms with van der Waals surface area (Å²) in [6.07, 6.45) is 0.649. The molecule has 0 aromatic heterocycles. The molecule has 0 aliphatic rings. The van der Waals surface area contributed by atoms with Crippen molar-refractivity contribution >= 4 is 45.2 Å². The summed E-state index contributed by atoms with van der Waals surface area (Å²) in [7, 11) is 0. The Balaban J connectivity index is 2.73. The lowest BCUT2D eigenvalue weighted by molar-refractivity contribution is -0.140. The highest BCUT2D eigenvalue weighted by molar-refractivity contribution is 9.10. The predicted molar refractivity (Wildman–Crippen MR) is 82.2 cm³/mol. The lowest BCUT2D eigenvalue weighted by Crippen LogP contribution is -2.46. The van der Waals surface area contributed by atoms with Crippen LogP contribution in [0.25, 0.3) is 0 Å². The highest BCUT2D eigenvalue weighted by Crippen LogP contribution is 2.25. The van der Waals surface area contributed by atoms with E-state index in [4.69, 9.17) is 16.7 Å². The maximum atomic E-state index is 11.8. The van der Waals surface area contributed by atoms with E-state index in [-0.39, 0.29) is 5.92 Å². The molecule has 0 fully saturated rings.